The van der Waals surface area contributed by atoms with Crippen LogP contribution in [0.1, 0.15) is 32.1 Å². The second-order valence-electron chi connectivity index (χ2n) is 5.96. The van der Waals surface area contributed by atoms with Gasteiger partial charge >= 0.3 is 0 Å². The van der Waals surface area contributed by atoms with Crippen molar-refractivity contribution in [1.29, 1.82) is 0 Å². The van der Waals surface area contributed by atoms with E-state index in [0.29, 0.717) is 29.5 Å². The van der Waals surface area contributed by atoms with Gasteiger partial charge in [0.15, 0.2) is 5.75 Å². The lowest BCUT2D eigenvalue weighted by molar-refractivity contribution is -0.117. The predicted octanol–water partition coefficient (Wildman–Crippen LogP) is 5.14. The molecule has 0 aromatic heterocycles. The quantitative estimate of drug-likeness (QED) is 0.830. The molecule has 1 amide bonds. The fourth-order valence-corrected chi connectivity index (χ4v) is 2.99. The Labute approximate surface area is 135 Å². The molecule has 1 aliphatic rings. The summed E-state index contributed by atoms with van der Waals surface area (Å²) in [5, 5.41) is 2.91. The first-order valence-electron chi connectivity index (χ1n) is 8.03. The van der Waals surface area contributed by atoms with E-state index < -0.39 is 0 Å². The normalized spacial score (nSPS) is 14.7. The van der Waals surface area contributed by atoms with Crippen LogP contribution in [0.3, 0.4) is 0 Å². The van der Waals surface area contributed by atoms with Gasteiger partial charge < -0.3 is 10.1 Å². The summed E-state index contributed by atoms with van der Waals surface area (Å²) in [6.07, 6.45) is 5.26. The first-order valence-corrected chi connectivity index (χ1v) is 8.03. The molecular weight excluding hydrogens is 293 g/mol. The maximum Gasteiger partial charge on any atom is 0.224 e. The standard InChI is InChI=1S/C19H20FNO2/c20-15-8-5-9-16(13-15)23-18-11-4-3-10-17(18)21-19(22)12-14-6-1-2-7-14/h3-5,8-11,13-14H,1-2,6-7,12H2,(H,21,22). The van der Waals surface area contributed by atoms with Crippen LogP contribution in [0.5, 0.6) is 11.5 Å². The maximum absolute atomic E-state index is 13.3. The topological polar surface area (TPSA) is 38.3 Å². The average molecular weight is 313 g/mol. The van der Waals surface area contributed by atoms with Crippen molar-refractivity contribution in [3.8, 4) is 11.5 Å². The number of amides is 1. The van der Waals surface area contributed by atoms with E-state index in [1.807, 2.05) is 12.1 Å². The predicted molar refractivity (Wildman–Crippen MR) is 88.1 cm³/mol. The minimum absolute atomic E-state index is 0.00666. The van der Waals surface area contributed by atoms with Gasteiger partial charge in [0, 0.05) is 12.5 Å². The van der Waals surface area contributed by atoms with Crippen molar-refractivity contribution in [2.45, 2.75) is 32.1 Å². The van der Waals surface area contributed by atoms with Crippen LogP contribution in [0.4, 0.5) is 10.1 Å². The van der Waals surface area contributed by atoms with Gasteiger partial charge in [-0.05, 0) is 43.0 Å². The van der Waals surface area contributed by atoms with Crippen molar-refractivity contribution >= 4 is 11.6 Å². The number of hydrogen-bond donors (Lipinski definition) is 1. The summed E-state index contributed by atoms with van der Waals surface area (Å²) in [5.41, 5.74) is 0.611. The van der Waals surface area contributed by atoms with Gasteiger partial charge in [-0.15, -0.1) is 0 Å². The Balaban J connectivity index is 1.68. The van der Waals surface area contributed by atoms with Crippen molar-refractivity contribution < 1.29 is 13.9 Å². The highest BCUT2D eigenvalue weighted by Crippen LogP contribution is 2.31. The van der Waals surface area contributed by atoms with Crippen LogP contribution in [0.2, 0.25) is 0 Å². The van der Waals surface area contributed by atoms with Crippen molar-refractivity contribution in [3.63, 3.8) is 0 Å². The summed E-state index contributed by atoms with van der Waals surface area (Å²) < 4.78 is 19.0. The molecule has 3 rings (SSSR count). The van der Waals surface area contributed by atoms with Crippen LogP contribution < -0.4 is 10.1 Å². The van der Waals surface area contributed by atoms with Gasteiger partial charge in [-0.1, -0.05) is 31.0 Å². The number of carbonyl (C=O) groups excluding carboxylic acids is 1. The van der Waals surface area contributed by atoms with E-state index in [2.05, 4.69) is 5.32 Å². The number of ether oxygens (including phenoxy) is 1. The summed E-state index contributed by atoms with van der Waals surface area (Å²) >= 11 is 0. The highest BCUT2D eigenvalue weighted by molar-refractivity contribution is 5.92. The first-order chi connectivity index (χ1) is 11.2. The molecule has 0 atom stereocenters. The smallest absolute Gasteiger partial charge is 0.224 e. The number of carbonyl (C=O) groups is 1. The van der Waals surface area contributed by atoms with Gasteiger partial charge in [0.05, 0.1) is 5.69 Å². The zero-order chi connectivity index (χ0) is 16.1. The van der Waals surface area contributed by atoms with Gasteiger partial charge in [-0.2, -0.15) is 0 Å². The van der Waals surface area contributed by atoms with E-state index >= 15 is 0 Å². The largest absolute Gasteiger partial charge is 0.455 e. The van der Waals surface area contributed by atoms with Crippen LogP contribution >= 0.6 is 0 Å². The summed E-state index contributed by atoms with van der Waals surface area (Å²) in [6.45, 7) is 0. The minimum Gasteiger partial charge on any atom is -0.455 e. The average Bonchev–Trinajstić information content (AvgIpc) is 3.02. The molecule has 2 aromatic carbocycles. The van der Waals surface area contributed by atoms with Crippen LogP contribution in [-0.2, 0) is 4.79 Å². The molecule has 0 saturated heterocycles. The summed E-state index contributed by atoms with van der Waals surface area (Å²) in [5.74, 6) is 1.06. The fourth-order valence-electron chi connectivity index (χ4n) is 2.99. The van der Waals surface area contributed by atoms with Gasteiger partial charge in [-0.3, -0.25) is 4.79 Å². The lowest BCUT2D eigenvalue weighted by Gasteiger charge is -2.13. The molecule has 0 aliphatic heterocycles. The zero-order valence-corrected chi connectivity index (χ0v) is 12.9. The highest BCUT2D eigenvalue weighted by atomic mass is 19.1. The Morgan fingerprint density at radius 1 is 1.13 bits per heavy atom. The van der Waals surface area contributed by atoms with E-state index in [9.17, 15) is 9.18 Å². The number of nitrogens with one attached hydrogen (secondary N) is 1. The number of benzene rings is 2. The summed E-state index contributed by atoms with van der Waals surface area (Å²) in [6, 6.07) is 13.2. The maximum atomic E-state index is 13.3. The molecule has 0 bridgehead atoms. The zero-order valence-electron chi connectivity index (χ0n) is 12.9. The molecule has 23 heavy (non-hydrogen) atoms. The van der Waals surface area contributed by atoms with Crippen molar-refractivity contribution in [2.75, 3.05) is 5.32 Å². The third kappa shape index (κ3) is 4.31. The molecule has 1 saturated carbocycles. The fraction of sp³-hybridized carbons (Fsp3) is 0.316. The molecular formula is C19H20FNO2. The van der Waals surface area contributed by atoms with Crippen molar-refractivity contribution in [3.05, 3.63) is 54.3 Å². The summed E-state index contributed by atoms with van der Waals surface area (Å²) in [4.78, 5) is 12.2. The van der Waals surface area contributed by atoms with Crippen molar-refractivity contribution in [2.24, 2.45) is 5.92 Å². The highest BCUT2D eigenvalue weighted by Gasteiger charge is 2.19. The van der Waals surface area contributed by atoms with E-state index in [4.69, 9.17) is 4.74 Å². The Morgan fingerprint density at radius 2 is 1.91 bits per heavy atom. The molecule has 120 valence electrons. The lowest BCUT2D eigenvalue weighted by Crippen LogP contribution is -2.15. The second-order valence-corrected chi connectivity index (χ2v) is 5.96. The molecule has 0 heterocycles. The van der Waals surface area contributed by atoms with Crippen LogP contribution in [0.15, 0.2) is 48.5 Å². The summed E-state index contributed by atoms with van der Waals surface area (Å²) in [7, 11) is 0. The third-order valence-electron chi connectivity index (χ3n) is 4.13. The van der Waals surface area contributed by atoms with E-state index in [-0.39, 0.29) is 11.7 Å². The number of halogens is 1. The van der Waals surface area contributed by atoms with Crippen LogP contribution in [0.25, 0.3) is 0 Å². The Hall–Kier alpha value is -2.36. The minimum atomic E-state index is -0.356. The molecule has 4 heteroatoms. The van der Waals surface area contributed by atoms with Crippen LogP contribution in [0, 0.1) is 11.7 Å². The van der Waals surface area contributed by atoms with Crippen LogP contribution in [-0.4, -0.2) is 5.91 Å². The van der Waals surface area contributed by atoms with E-state index in [1.54, 1.807) is 24.3 Å². The van der Waals surface area contributed by atoms with Gasteiger partial charge in [-0.25, -0.2) is 4.39 Å². The van der Waals surface area contributed by atoms with E-state index in [1.165, 1.54) is 25.0 Å². The van der Waals surface area contributed by atoms with Gasteiger partial charge in [0.25, 0.3) is 0 Å². The SMILES string of the molecule is O=C(CC1CCCC1)Nc1ccccc1Oc1cccc(F)c1. The molecule has 1 fully saturated rings. The molecule has 2 aromatic rings. The monoisotopic (exact) mass is 313 g/mol. The van der Waals surface area contributed by atoms with Crippen molar-refractivity contribution in [1.82, 2.24) is 0 Å². The Bertz CT molecular complexity index is 681. The molecule has 0 unspecified atom stereocenters. The first kappa shape index (κ1) is 15.5. The number of rotatable bonds is 5. The molecule has 1 N–H and O–H groups in total. The Kier molecular flexibility index (Phi) is 4.91. The molecule has 0 radical (unpaired) electrons. The second kappa shape index (κ2) is 7.27. The molecule has 3 nitrogen and oxygen atoms in total. The third-order valence-corrected chi connectivity index (χ3v) is 4.13. The van der Waals surface area contributed by atoms with Gasteiger partial charge in [0.1, 0.15) is 11.6 Å². The van der Waals surface area contributed by atoms with E-state index in [0.717, 1.165) is 12.8 Å². The molecule has 0 spiro atoms. The number of hydrogen-bond acceptors (Lipinski definition) is 2. The Morgan fingerprint density at radius 3 is 2.70 bits per heavy atom. The number of para-hydroxylation sites is 2. The van der Waals surface area contributed by atoms with Gasteiger partial charge in [0.2, 0.25) is 5.91 Å². The molecule has 1 aliphatic carbocycles. The number of anilines is 1. The lowest BCUT2D eigenvalue weighted by atomic mass is 10.0.